The number of likely N-dealkylation sites (N-methyl/N-ethyl adjacent to an activating group) is 1. The summed E-state index contributed by atoms with van der Waals surface area (Å²) in [7, 11) is -1.94. The fourth-order valence-electron chi connectivity index (χ4n) is 1.58. The van der Waals surface area contributed by atoms with Crippen molar-refractivity contribution in [3.05, 3.63) is 12.0 Å². The summed E-state index contributed by atoms with van der Waals surface area (Å²) in [5.41, 5.74) is 0. The number of carbonyl (C=O) groups excluding carboxylic acids is 1. The zero-order valence-corrected chi connectivity index (χ0v) is 13.5. The van der Waals surface area contributed by atoms with Gasteiger partial charge in [0.25, 0.3) is 10.0 Å². The Balaban J connectivity index is 2.35. The van der Waals surface area contributed by atoms with Crippen molar-refractivity contribution in [2.45, 2.75) is 25.3 Å². The molecule has 0 unspecified atom stereocenters. The molecule has 0 bridgehead atoms. The van der Waals surface area contributed by atoms with E-state index in [0.717, 1.165) is 6.54 Å². The normalized spacial score (nSPS) is 11.6. The molecule has 3 N–H and O–H groups in total. The highest BCUT2D eigenvalue weighted by Crippen LogP contribution is 2.07. The second kappa shape index (κ2) is 8.11. The number of sulfonamides is 1. The molecular weight excluding hydrogens is 294 g/mol. The van der Waals surface area contributed by atoms with Crippen molar-refractivity contribution < 1.29 is 13.2 Å². The number of imidazole rings is 1. The first kappa shape index (κ1) is 17.6. The van der Waals surface area contributed by atoms with Crippen LogP contribution in [-0.2, 0) is 21.9 Å². The van der Waals surface area contributed by atoms with Gasteiger partial charge in [0.1, 0.15) is 5.82 Å². The minimum atomic E-state index is -3.66. The van der Waals surface area contributed by atoms with Crippen molar-refractivity contribution in [2.75, 3.05) is 26.2 Å². The molecule has 0 saturated heterocycles. The van der Waals surface area contributed by atoms with Crippen molar-refractivity contribution in [3.63, 3.8) is 0 Å². The van der Waals surface area contributed by atoms with Gasteiger partial charge in [-0.2, -0.15) is 0 Å². The topological polar surface area (TPSA) is 105 Å². The lowest BCUT2D eigenvalue weighted by atomic mass is 10.4. The number of hydrogen-bond donors (Lipinski definition) is 3. The molecule has 1 amide bonds. The Bertz CT molecular complexity index is 548. The Kier molecular flexibility index (Phi) is 6.79. The molecule has 0 aliphatic carbocycles. The number of rotatable bonds is 9. The van der Waals surface area contributed by atoms with Crippen molar-refractivity contribution in [2.24, 2.45) is 7.05 Å². The van der Waals surface area contributed by atoms with Crippen LogP contribution >= 0.6 is 0 Å². The summed E-state index contributed by atoms with van der Waals surface area (Å²) in [6.07, 6.45) is 1.53. The third-order valence-electron chi connectivity index (χ3n) is 2.88. The highest BCUT2D eigenvalue weighted by molar-refractivity contribution is 7.89. The van der Waals surface area contributed by atoms with Crippen LogP contribution in [0.5, 0.6) is 0 Å². The van der Waals surface area contributed by atoms with Crippen LogP contribution in [0.25, 0.3) is 0 Å². The summed E-state index contributed by atoms with van der Waals surface area (Å²) in [5, 5.41) is 5.74. The first-order chi connectivity index (χ1) is 9.86. The van der Waals surface area contributed by atoms with E-state index < -0.39 is 10.0 Å². The molecule has 120 valence electrons. The molecular formula is C12H23N5O3S. The predicted octanol–water partition coefficient (Wildman–Crippen LogP) is -0.877. The van der Waals surface area contributed by atoms with E-state index >= 15 is 0 Å². The molecule has 1 rings (SSSR count). The number of nitrogens with one attached hydrogen (secondary N) is 3. The third kappa shape index (κ3) is 5.82. The summed E-state index contributed by atoms with van der Waals surface area (Å²) in [5.74, 6) is 0.421. The van der Waals surface area contributed by atoms with Gasteiger partial charge in [0.05, 0.1) is 0 Å². The standard InChI is InChI=1S/C12H23N5O3S/c1-4-13-7-8-14-11(18)5-6-15-21(19,20)12-9-17(3)10(2)16-12/h9,13,15H,4-8H2,1-3H3,(H,14,18). The quantitative estimate of drug-likeness (QED) is 0.513. The van der Waals surface area contributed by atoms with E-state index in [2.05, 4.69) is 20.3 Å². The Morgan fingerprint density at radius 2 is 2.05 bits per heavy atom. The van der Waals surface area contributed by atoms with Gasteiger partial charge in [-0.1, -0.05) is 6.92 Å². The maximum Gasteiger partial charge on any atom is 0.259 e. The maximum absolute atomic E-state index is 11.9. The van der Waals surface area contributed by atoms with Gasteiger partial charge in [0, 0.05) is 39.3 Å². The fraction of sp³-hybridized carbons (Fsp3) is 0.667. The second-order valence-electron chi connectivity index (χ2n) is 4.59. The van der Waals surface area contributed by atoms with E-state index in [4.69, 9.17) is 0 Å². The van der Waals surface area contributed by atoms with E-state index in [1.54, 1.807) is 18.5 Å². The number of aromatic nitrogens is 2. The van der Waals surface area contributed by atoms with Crippen LogP contribution in [0.2, 0.25) is 0 Å². The van der Waals surface area contributed by atoms with E-state index in [-0.39, 0.29) is 23.9 Å². The molecule has 0 fully saturated rings. The molecule has 8 nitrogen and oxygen atoms in total. The van der Waals surface area contributed by atoms with Crippen LogP contribution in [-0.4, -0.2) is 50.1 Å². The molecule has 0 aliphatic heterocycles. The zero-order chi connectivity index (χ0) is 15.9. The van der Waals surface area contributed by atoms with E-state index in [1.165, 1.54) is 6.20 Å². The minimum Gasteiger partial charge on any atom is -0.355 e. The molecule has 0 spiro atoms. The van der Waals surface area contributed by atoms with Crippen LogP contribution in [0, 0.1) is 6.92 Å². The fourth-order valence-corrected chi connectivity index (χ4v) is 2.65. The largest absolute Gasteiger partial charge is 0.355 e. The average molecular weight is 317 g/mol. The first-order valence-electron chi connectivity index (χ1n) is 6.84. The van der Waals surface area contributed by atoms with Crippen LogP contribution in [0.1, 0.15) is 19.2 Å². The lowest BCUT2D eigenvalue weighted by Crippen LogP contribution is -2.34. The van der Waals surface area contributed by atoms with Gasteiger partial charge in [0.15, 0.2) is 5.03 Å². The molecule has 1 aromatic heterocycles. The van der Waals surface area contributed by atoms with Crippen LogP contribution < -0.4 is 15.4 Å². The zero-order valence-electron chi connectivity index (χ0n) is 12.6. The summed E-state index contributed by atoms with van der Waals surface area (Å²) < 4.78 is 27.9. The highest BCUT2D eigenvalue weighted by Gasteiger charge is 2.18. The Labute approximate surface area is 125 Å². The lowest BCUT2D eigenvalue weighted by Gasteiger charge is -2.06. The van der Waals surface area contributed by atoms with Gasteiger partial charge < -0.3 is 15.2 Å². The predicted molar refractivity (Wildman–Crippen MR) is 79.3 cm³/mol. The lowest BCUT2D eigenvalue weighted by molar-refractivity contribution is -0.120. The summed E-state index contributed by atoms with van der Waals surface area (Å²) in [4.78, 5) is 15.4. The SMILES string of the molecule is CCNCCNC(=O)CCNS(=O)(=O)c1cn(C)c(C)n1. The van der Waals surface area contributed by atoms with Gasteiger partial charge in [-0.3, -0.25) is 4.79 Å². The minimum absolute atomic E-state index is 0.0324. The maximum atomic E-state index is 11.9. The Morgan fingerprint density at radius 3 is 2.62 bits per heavy atom. The Morgan fingerprint density at radius 1 is 1.33 bits per heavy atom. The van der Waals surface area contributed by atoms with Gasteiger partial charge in [-0.05, 0) is 13.5 Å². The molecule has 0 aromatic carbocycles. The molecule has 1 heterocycles. The number of aryl methyl sites for hydroxylation is 2. The third-order valence-corrected chi connectivity index (χ3v) is 4.21. The van der Waals surface area contributed by atoms with Crippen molar-refractivity contribution in [1.29, 1.82) is 0 Å². The number of hydrogen-bond acceptors (Lipinski definition) is 5. The number of nitrogens with zero attached hydrogens (tertiary/aromatic N) is 2. The van der Waals surface area contributed by atoms with Gasteiger partial charge in [-0.15, -0.1) is 0 Å². The molecule has 0 radical (unpaired) electrons. The molecule has 9 heteroatoms. The van der Waals surface area contributed by atoms with Crippen molar-refractivity contribution >= 4 is 15.9 Å². The summed E-state index contributed by atoms with van der Waals surface area (Å²) >= 11 is 0. The summed E-state index contributed by atoms with van der Waals surface area (Å²) in [6.45, 7) is 5.82. The van der Waals surface area contributed by atoms with Crippen LogP contribution in [0.15, 0.2) is 11.2 Å². The number of amides is 1. The van der Waals surface area contributed by atoms with Gasteiger partial charge in [-0.25, -0.2) is 18.1 Å². The molecule has 0 atom stereocenters. The van der Waals surface area contributed by atoms with E-state index in [9.17, 15) is 13.2 Å². The highest BCUT2D eigenvalue weighted by atomic mass is 32.2. The average Bonchev–Trinajstić information content (AvgIpc) is 2.75. The molecule has 1 aromatic rings. The van der Waals surface area contributed by atoms with Crippen molar-refractivity contribution in [1.82, 2.24) is 24.9 Å². The number of carbonyl (C=O) groups is 1. The van der Waals surface area contributed by atoms with Crippen LogP contribution in [0.3, 0.4) is 0 Å². The summed E-state index contributed by atoms with van der Waals surface area (Å²) in [6, 6.07) is 0. The van der Waals surface area contributed by atoms with E-state index in [0.29, 0.717) is 18.9 Å². The molecule has 0 saturated carbocycles. The smallest absolute Gasteiger partial charge is 0.259 e. The van der Waals surface area contributed by atoms with E-state index in [1.807, 2.05) is 6.92 Å². The molecule has 21 heavy (non-hydrogen) atoms. The second-order valence-corrected chi connectivity index (χ2v) is 6.30. The molecule has 0 aliphatic rings. The van der Waals surface area contributed by atoms with Gasteiger partial charge >= 0.3 is 0 Å². The van der Waals surface area contributed by atoms with Crippen molar-refractivity contribution in [3.8, 4) is 0 Å². The van der Waals surface area contributed by atoms with Gasteiger partial charge in [0.2, 0.25) is 5.91 Å². The Hall–Kier alpha value is -1.45. The monoisotopic (exact) mass is 317 g/mol. The van der Waals surface area contributed by atoms with Crippen LogP contribution in [0.4, 0.5) is 0 Å². The first-order valence-corrected chi connectivity index (χ1v) is 8.32.